The lowest BCUT2D eigenvalue weighted by Crippen LogP contribution is -2.54. The van der Waals surface area contributed by atoms with Crippen LogP contribution in [0.15, 0.2) is 66.7 Å². The highest BCUT2D eigenvalue weighted by Crippen LogP contribution is 2.34. The average molecular weight is 671 g/mol. The molecule has 12 heteroatoms. The van der Waals surface area contributed by atoms with Gasteiger partial charge in [0.05, 0.1) is 22.0 Å². The van der Waals surface area contributed by atoms with Gasteiger partial charge in [-0.25, -0.2) is 8.42 Å². The van der Waals surface area contributed by atoms with E-state index in [2.05, 4.69) is 5.32 Å². The van der Waals surface area contributed by atoms with Gasteiger partial charge in [-0.15, -0.1) is 0 Å². The van der Waals surface area contributed by atoms with E-state index in [9.17, 15) is 18.0 Å². The smallest absolute Gasteiger partial charge is 0.244 e. The molecule has 1 N–H and O–H groups in total. The standard InChI is InChI=1S/C30H31Cl4N3O4S/c1-42(40,41)37(26-13-7-12-24(32)29(26)34)19-28(38)36(18-21-14-15-22(31)17-25(21)33)27(16-20-8-3-2-4-9-20)30(39)35-23-10-5-6-11-23/h2-4,7-9,12-15,17,23,27H,5-6,10-11,16,18-19H2,1H3,(H,35,39). The fourth-order valence-electron chi connectivity index (χ4n) is 5.03. The maximum atomic E-state index is 14.2. The van der Waals surface area contributed by atoms with Crippen molar-refractivity contribution < 1.29 is 18.0 Å². The molecule has 0 saturated heterocycles. The Morgan fingerprint density at radius 1 is 0.929 bits per heavy atom. The molecule has 3 aromatic rings. The molecule has 224 valence electrons. The minimum absolute atomic E-state index is 0.00429. The summed E-state index contributed by atoms with van der Waals surface area (Å²) in [6.07, 6.45) is 4.92. The Morgan fingerprint density at radius 2 is 1.62 bits per heavy atom. The first-order valence-corrected chi connectivity index (χ1v) is 16.8. The molecule has 1 unspecified atom stereocenters. The van der Waals surface area contributed by atoms with Crippen LogP contribution >= 0.6 is 46.4 Å². The zero-order valence-corrected chi connectivity index (χ0v) is 26.7. The zero-order chi connectivity index (χ0) is 30.4. The Balaban J connectivity index is 1.77. The number of hydrogen-bond acceptors (Lipinski definition) is 4. The number of carbonyl (C=O) groups is 2. The van der Waals surface area contributed by atoms with Gasteiger partial charge >= 0.3 is 0 Å². The number of hydrogen-bond donors (Lipinski definition) is 1. The van der Waals surface area contributed by atoms with Crippen molar-refractivity contribution in [2.24, 2.45) is 0 Å². The van der Waals surface area contributed by atoms with E-state index in [0.717, 1.165) is 41.8 Å². The first-order valence-electron chi connectivity index (χ1n) is 13.4. The van der Waals surface area contributed by atoms with Crippen LogP contribution in [0.3, 0.4) is 0 Å². The van der Waals surface area contributed by atoms with Gasteiger partial charge < -0.3 is 10.2 Å². The third kappa shape index (κ3) is 8.32. The number of rotatable bonds is 11. The summed E-state index contributed by atoms with van der Waals surface area (Å²) >= 11 is 25.2. The number of halogens is 4. The van der Waals surface area contributed by atoms with Gasteiger partial charge in [0.2, 0.25) is 21.8 Å². The van der Waals surface area contributed by atoms with Crippen LogP contribution in [-0.2, 0) is 32.6 Å². The molecular formula is C30H31Cl4N3O4S. The lowest BCUT2D eigenvalue weighted by molar-refractivity contribution is -0.140. The molecule has 0 aromatic heterocycles. The molecule has 1 aliphatic carbocycles. The Kier molecular flexibility index (Phi) is 11.1. The third-order valence-electron chi connectivity index (χ3n) is 7.21. The topological polar surface area (TPSA) is 86.8 Å². The predicted molar refractivity (Wildman–Crippen MR) is 170 cm³/mol. The molecular weight excluding hydrogens is 640 g/mol. The predicted octanol–water partition coefficient (Wildman–Crippen LogP) is 6.77. The summed E-state index contributed by atoms with van der Waals surface area (Å²) in [6, 6.07) is 17.8. The Labute approximate surface area is 266 Å². The number of nitrogens with one attached hydrogen (secondary N) is 1. The molecule has 7 nitrogen and oxygen atoms in total. The molecule has 0 aliphatic heterocycles. The Morgan fingerprint density at radius 3 is 2.26 bits per heavy atom. The lowest BCUT2D eigenvalue weighted by atomic mass is 10.0. The van der Waals surface area contributed by atoms with Crippen molar-refractivity contribution in [3.63, 3.8) is 0 Å². The molecule has 3 aromatic carbocycles. The van der Waals surface area contributed by atoms with E-state index in [0.29, 0.717) is 15.6 Å². The summed E-state index contributed by atoms with van der Waals surface area (Å²) in [5.41, 5.74) is 1.44. The maximum Gasteiger partial charge on any atom is 0.244 e. The number of carbonyl (C=O) groups excluding carboxylic acids is 2. The van der Waals surface area contributed by atoms with Crippen molar-refractivity contribution in [3.8, 4) is 0 Å². The highest BCUT2D eigenvalue weighted by molar-refractivity contribution is 7.92. The molecule has 0 heterocycles. The summed E-state index contributed by atoms with van der Waals surface area (Å²) in [5, 5.41) is 3.98. The average Bonchev–Trinajstić information content (AvgIpc) is 3.45. The first-order chi connectivity index (χ1) is 19.9. The molecule has 42 heavy (non-hydrogen) atoms. The highest BCUT2D eigenvalue weighted by Gasteiger charge is 2.35. The van der Waals surface area contributed by atoms with Gasteiger partial charge in [-0.3, -0.25) is 13.9 Å². The van der Waals surface area contributed by atoms with Gasteiger partial charge in [-0.2, -0.15) is 0 Å². The van der Waals surface area contributed by atoms with Crippen LogP contribution in [0.5, 0.6) is 0 Å². The SMILES string of the molecule is CS(=O)(=O)N(CC(=O)N(Cc1ccc(Cl)cc1Cl)C(Cc1ccccc1)C(=O)NC1CCCC1)c1cccc(Cl)c1Cl. The van der Waals surface area contributed by atoms with Gasteiger partial charge in [-0.05, 0) is 48.2 Å². The van der Waals surface area contributed by atoms with Crippen molar-refractivity contribution in [1.29, 1.82) is 0 Å². The van der Waals surface area contributed by atoms with E-state index >= 15 is 0 Å². The molecule has 1 saturated carbocycles. The molecule has 1 aliphatic rings. The van der Waals surface area contributed by atoms with Gasteiger partial charge in [0, 0.05) is 29.1 Å². The van der Waals surface area contributed by atoms with E-state index in [4.69, 9.17) is 46.4 Å². The molecule has 0 radical (unpaired) electrons. The fraction of sp³-hybridized carbons (Fsp3) is 0.333. The minimum atomic E-state index is -4.00. The van der Waals surface area contributed by atoms with Crippen LogP contribution in [0.1, 0.15) is 36.8 Å². The van der Waals surface area contributed by atoms with Crippen molar-refractivity contribution in [1.82, 2.24) is 10.2 Å². The first kappa shape index (κ1) is 32.4. The molecule has 1 fully saturated rings. The second-order valence-electron chi connectivity index (χ2n) is 10.3. The van der Waals surface area contributed by atoms with E-state index in [1.165, 1.54) is 17.0 Å². The lowest BCUT2D eigenvalue weighted by Gasteiger charge is -2.34. The summed E-state index contributed by atoms with van der Waals surface area (Å²) in [5.74, 6) is -0.944. The third-order valence-corrected chi connectivity index (χ3v) is 9.73. The van der Waals surface area contributed by atoms with Crippen LogP contribution in [0, 0.1) is 0 Å². The molecule has 2 amide bonds. The second kappa shape index (κ2) is 14.3. The number of anilines is 1. The van der Waals surface area contributed by atoms with Gasteiger partial charge in [0.15, 0.2) is 0 Å². The summed E-state index contributed by atoms with van der Waals surface area (Å²) in [6.45, 7) is -0.683. The number of amides is 2. The number of sulfonamides is 1. The summed E-state index contributed by atoms with van der Waals surface area (Å²) < 4.78 is 26.8. The Bertz CT molecular complexity index is 1530. The summed E-state index contributed by atoms with van der Waals surface area (Å²) in [4.78, 5) is 29.5. The monoisotopic (exact) mass is 669 g/mol. The molecule has 0 bridgehead atoms. The van der Waals surface area contributed by atoms with Crippen molar-refractivity contribution in [2.75, 3.05) is 17.1 Å². The largest absolute Gasteiger partial charge is 0.352 e. The maximum absolute atomic E-state index is 14.2. The molecule has 4 rings (SSSR count). The normalized spacial score (nSPS) is 14.4. The van der Waals surface area contributed by atoms with Gasteiger partial charge in [0.1, 0.15) is 12.6 Å². The minimum Gasteiger partial charge on any atom is -0.352 e. The van der Waals surface area contributed by atoms with Crippen molar-refractivity contribution >= 4 is 73.9 Å². The Hall–Kier alpha value is -2.49. The van der Waals surface area contributed by atoms with E-state index in [1.807, 2.05) is 30.3 Å². The van der Waals surface area contributed by atoms with Crippen LogP contribution in [0.4, 0.5) is 5.69 Å². The fourth-order valence-corrected chi connectivity index (χ4v) is 6.81. The second-order valence-corrected chi connectivity index (χ2v) is 13.8. The van der Waals surface area contributed by atoms with E-state index in [1.54, 1.807) is 24.3 Å². The van der Waals surface area contributed by atoms with Crippen LogP contribution in [0.2, 0.25) is 20.1 Å². The quantitative estimate of drug-likeness (QED) is 0.244. The van der Waals surface area contributed by atoms with Crippen LogP contribution in [-0.4, -0.2) is 50.0 Å². The molecule has 0 spiro atoms. The van der Waals surface area contributed by atoms with Crippen molar-refractivity contribution in [3.05, 3.63) is 97.9 Å². The number of benzene rings is 3. The molecule has 1 atom stereocenters. The van der Waals surface area contributed by atoms with Gasteiger partial charge in [-0.1, -0.05) is 102 Å². The number of nitrogens with zero attached hydrogens (tertiary/aromatic N) is 2. The van der Waals surface area contributed by atoms with Crippen LogP contribution < -0.4 is 9.62 Å². The van der Waals surface area contributed by atoms with Crippen LogP contribution in [0.25, 0.3) is 0 Å². The van der Waals surface area contributed by atoms with E-state index < -0.39 is 28.5 Å². The van der Waals surface area contributed by atoms with Crippen molar-refractivity contribution in [2.45, 2.75) is 50.7 Å². The van der Waals surface area contributed by atoms with E-state index in [-0.39, 0.29) is 40.6 Å². The highest BCUT2D eigenvalue weighted by atomic mass is 35.5. The van der Waals surface area contributed by atoms with Gasteiger partial charge in [0.25, 0.3) is 0 Å². The zero-order valence-electron chi connectivity index (χ0n) is 22.9. The summed E-state index contributed by atoms with van der Waals surface area (Å²) in [7, 11) is -4.00.